The van der Waals surface area contributed by atoms with Crippen molar-refractivity contribution in [3.8, 4) is 0 Å². The van der Waals surface area contributed by atoms with Crippen molar-refractivity contribution in [2.75, 3.05) is 46.1 Å². The fourth-order valence-electron chi connectivity index (χ4n) is 2.56. The van der Waals surface area contributed by atoms with Crippen molar-refractivity contribution in [2.45, 2.75) is 64.6 Å². The van der Waals surface area contributed by atoms with Crippen LogP contribution >= 0.6 is 0 Å². The Bertz CT molecular complexity index is 412. The first-order valence-electron chi connectivity index (χ1n) is 10.2. The van der Waals surface area contributed by atoms with Crippen LogP contribution in [-0.4, -0.2) is 81.2 Å². The molecule has 1 unspecified atom stereocenters. The van der Waals surface area contributed by atoms with Crippen LogP contribution in [0.25, 0.3) is 0 Å². The van der Waals surface area contributed by atoms with Gasteiger partial charge in [-0.25, -0.2) is 0 Å². The second kappa shape index (κ2) is 17.8. The molecule has 0 aliphatic heterocycles. The van der Waals surface area contributed by atoms with Gasteiger partial charge in [-0.2, -0.15) is 0 Å². The number of carbonyl (C=O) groups excluding carboxylic acids is 2. The molecule has 6 N–H and O–H groups in total. The number of ether oxygens (including phenoxy) is 2. The summed E-state index contributed by atoms with van der Waals surface area (Å²) in [6.07, 6.45) is 2.86. The molecule has 0 aliphatic carbocycles. The summed E-state index contributed by atoms with van der Waals surface area (Å²) in [5.74, 6) is -0.487. The molecule has 0 heterocycles. The van der Waals surface area contributed by atoms with Gasteiger partial charge in [0, 0.05) is 44.2 Å². The molecule has 0 aromatic carbocycles. The Kier molecular flexibility index (Phi) is 17.0. The number of amides is 2. The molecule has 0 aromatic heterocycles. The second-order valence-corrected chi connectivity index (χ2v) is 6.93. The Labute approximate surface area is 169 Å². The van der Waals surface area contributed by atoms with Crippen LogP contribution in [0.3, 0.4) is 0 Å². The standard InChI is InChI=1S/C19H40N4O5/c1-4-8-27-9-10-28-14-19(26)22-11-15(3)23-17(13-24)12-21-16(5-2)6-7-18(20)25/h15-17,21,23-24H,4-14H2,1-3H3,(H2,20,25)(H,22,26)/t15?,16-,17-/m1/s1. The molecule has 28 heavy (non-hydrogen) atoms. The molecule has 166 valence electrons. The highest BCUT2D eigenvalue weighted by Crippen LogP contribution is 2.01. The van der Waals surface area contributed by atoms with Gasteiger partial charge < -0.3 is 36.3 Å². The number of hydrogen-bond acceptors (Lipinski definition) is 7. The summed E-state index contributed by atoms with van der Waals surface area (Å²) < 4.78 is 10.5. The van der Waals surface area contributed by atoms with Crippen molar-refractivity contribution in [2.24, 2.45) is 5.73 Å². The highest BCUT2D eigenvalue weighted by Gasteiger charge is 2.14. The van der Waals surface area contributed by atoms with Crippen molar-refractivity contribution in [3.63, 3.8) is 0 Å². The van der Waals surface area contributed by atoms with E-state index in [0.717, 1.165) is 12.8 Å². The summed E-state index contributed by atoms with van der Waals surface area (Å²) in [7, 11) is 0. The van der Waals surface area contributed by atoms with Gasteiger partial charge in [0.2, 0.25) is 11.8 Å². The predicted octanol–water partition coefficient (Wildman–Crippen LogP) is -0.481. The lowest BCUT2D eigenvalue weighted by atomic mass is 10.1. The summed E-state index contributed by atoms with van der Waals surface area (Å²) in [5.41, 5.74) is 5.19. The summed E-state index contributed by atoms with van der Waals surface area (Å²) in [4.78, 5) is 22.7. The van der Waals surface area contributed by atoms with Gasteiger partial charge in [0.25, 0.3) is 0 Å². The predicted molar refractivity (Wildman–Crippen MR) is 109 cm³/mol. The normalized spacial score (nSPS) is 14.4. The summed E-state index contributed by atoms with van der Waals surface area (Å²) in [5, 5.41) is 19.0. The number of nitrogens with two attached hydrogens (primary N) is 1. The van der Waals surface area contributed by atoms with Crippen molar-refractivity contribution in [1.82, 2.24) is 16.0 Å². The van der Waals surface area contributed by atoms with E-state index in [1.165, 1.54) is 0 Å². The van der Waals surface area contributed by atoms with E-state index in [1.54, 1.807) is 0 Å². The highest BCUT2D eigenvalue weighted by atomic mass is 16.5. The van der Waals surface area contributed by atoms with E-state index >= 15 is 0 Å². The van der Waals surface area contributed by atoms with Gasteiger partial charge in [-0.05, 0) is 26.2 Å². The van der Waals surface area contributed by atoms with Gasteiger partial charge in [-0.3, -0.25) is 9.59 Å². The molecule has 2 amide bonds. The van der Waals surface area contributed by atoms with Crippen molar-refractivity contribution in [1.29, 1.82) is 0 Å². The molecule has 0 radical (unpaired) electrons. The largest absolute Gasteiger partial charge is 0.395 e. The monoisotopic (exact) mass is 404 g/mol. The van der Waals surface area contributed by atoms with E-state index in [-0.39, 0.29) is 43.2 Å². The first-order chi connectivity index (χ1) is 13.4. The van der Waals surface area contributed by atoms with E-state index in [9.17, 15) is 14.7 Å². The molecule has 0 saturated heterocycles. The number of primary amides is 1. The minimum Gasteiger partial charge on any atom is -0.395 e. The molecule has 3 atom stereocenters. The first-order valence-corrected chi connectivity index (χ1v) is 10.2. The molecule has 0 bridgehead atoms. The number of aliphatic hydroxyl groups excluding tert-OH is 1. The molecule has 0 rings (SSSR count). The van der Waals surface area contributed by atoms with Crippen LogP contribution in [0.5, 0.6) is 0 Å². The lowest BCUT2D eigenvalue weighted by molar-refractivity contribution is -0.126. The second-order valence-electron chi connectivity index (χ2n) is 6.93. The fraction of sp³-hybridized carbons (Fsp3) is 0.895. The molecular formula is C19H40N4O5. The minimum atomic E-state index is -0.307. The van der Waals surface area contributed by atoms with E-state index in [1.807, 2.05) is 20.8 Å². The number of nitrogens with one attached hydrogen (secondary N) is 3. The fourth-order valence-corrected chi connectivity index (χ4v) is 2.56. The maximum atomic E-state index is 11.8. The quantitative estimate of drug-likeness (QED) is 0.184. The van der Waals surface area contributed by atoms with Crippen molar-refractivity contribution in [3.05, 3.63) is 0 Å². The van der Waals surface area contributed by atoms with E-state index in [4.69, 9.17) is 15.2 Å². The molecule has 0 spiro atoms. The SMILES string of the molecule is CCCOCCOCC(=O)NCC(C)N[C@@H](CO)CN[C@H](CC)CCC(N)=O. The Hall–Kier alpha value is -1.26. The van der Waals surface area contributed by atoms with Gasteiger partial charge in [-0.1, -0.05) is 13.8 Å². The smallest absolute Gasteiger partial charge is 0.246 e. The summed E-state index contributed by atoms with van der Waals surface area (Å²) in [6, 6.07) is 0.0137. The number of carbonyl (C=O) groups is 2. The molecular weight excluding hydrogens is 364 g/mol. The topological polar surface area (TPSA) is 135 Å². The third kappa shape index (κ3) is 15.8. The van der Waals surface area contributed by atoms with Gasteiger partial charge in [0.05, 0.1) is 19.8 Å². The average Bonchev–Trinajstić information content (AvgIpc) is 2.67. The molecule has 0 aliphatic rings. The molecule has 0 saturated carbocycles. The molecule has 9 nitrogen and oxygen atoms in total. The van der Waals surface area contributed by atoms with Crippen LogP contribution in [0.2, 0.25) is 0 Å². The average molecular weight is 405 g/mol. The van der Waals surface area contributed by atoms with Crippen LogP contribution in [0.15, 0.2) is 0 Å². The number of aliphatic hydroxyl groups is 1. The third-order valence-corrected chi connectivity index (χ3v) is 4.18. The van der Waals surface area contributed by atoms with E-state index in [2.05, 4.69) is 16.0 Å². The Balaban J connectivity index is 3.95. The van der Waals surface area contributed by atoms with Crippen LogP contribution in [0, 0.1) is 0 Å². The maximum absolute atomic E-state index is 11.8. The zero-order valence-corrected chi connectivity index (χ0v) is 17.7. The minimum absolute atomic E-state index is 0.00519. The third-order valence-electron chi connectivity index (χ3n) is 4.18. The molecule has 9 heteroatoms. The zero-order chi connectivity index (χ0) is 21.2. The highest BCUT2D eigenvalue weighted by molar-refractivity contribution is 5.77. The van der Waals surface area contributed by atoms with Gasteiger partial charge >= 0.3 is 0 Å². The van der Waals surface area contributed by atoms with Crippen molar-refractivity contribution >= 4 is 11.8 Å². The lowest BCUT2D eigenvalue weighted by Gasteiger charge is -2.25. The van der Waals surface area contributed by atoms with Crippen LogP contribution in [0.1, 0.15) is 46.5 Å². The summed E-state index contributed by atoms with van der Waals surface area (Å²) >= 11 is 0. The Morgan fingerprint density at radius 2 is 1.79 bits per heavy atom. The Morgan fingerprint density at radius 3 is 2.39 bits per heavy atom. The van der Waals surface area contributed by atoms with E-state index < -0.39 is 0 Å². The van der Waals surface area contributed by atoms with Crippen LogP contribution in [0.4, 0.5) is 0 Å². The number of rotatable bonds is 19. The van der Waals surface area contributed by atoms with Gasteiger partial charge in [-0.15, -0.1) is 0 Å². The van der Waals surface area contributed by atoms with Gasteiger partial charge in [0.1, 0.15) is 6.61 Å². The van der Waals surface area contributed by atoms with Crippen LogP contribution in [-0.2, 0) is 19.1 Å². The first kappa shape index (κ1) is 26.7. The zero-order valence-electron chi connectivity index (χ0n) is 17.7. The summed E-state index contributed by atoms with van der Waals surface area (Å²) in [6.45, 7) is 8.57. The maximum Gasteiger partial charge on any atom is 0.246 e. The molecule has 0 fully saturated rings. The van der Waals surface area contributed by atoms with Gasteiger partial charge in [0.15, 0.2) is 0 Å². The van der Waals surface area contributed by atoms with Crippen molar-refractivity contribution < 1.29 is 24.2 Å². The van der Waals surface area contributed by atoms with Crippen LogP contribution < -0.4 is 21.7 Å². The number of hydrogen-bond donors (Lipinski definition) is 5. The van der Waals surface area contributed by atoms with E-state index in [0.29, 0.717) is 45.8 Å². The lowest BCUT2D eigenvalue weighted by Crippen LogP contribution is -2.50. The Morgan fingerprint density at radius 1 is 1.07 bits per heavy atom. The molecule has 0 aromatic rings.